The Morgan fingerprint density at radius 2 is 1.61 bits per heavy atom. The summed E-state index contributed by atoms with van der Waals surface area (Å²) in [5.74, 6) is -1.66. The van der Waals surface area contributed by atoms with Crippen LogP contribution in [0.1, 0.15) is 83.5 Å². The lowest BCUT2D eigenvalue weighted by Crippen LogP contribution is -2.59. The lowest BCUT2D eigenvalue weighted by Gasteiger charge is -2.44. The quantitative estimate of drug-likeness (QED) is 0.306. The number of para-hydroxylation sites is 1. The molecule has 0 saturated carbocycles. The Morgan fingerprint density at radius 3 is 2.12 bits per heavy atom. The van der Waals surface area contributed by atoms with E-state index in [1.165, 1.54) is 4.90 Å². The lowest BCUT2D eigenvalue weighted by atomic mass is 9.91. The first-order chi connectivity index (χ1) is 19.0. The van der Waals surface area contributed by atoms with Crippen molar-refractivity contribution >= 4 is 41.1 Å². The first-order valence-electron chi connectivity index (χ1n) is 13.7. The number of benzene rings is 2. The van der Waals surface area contributed by atoms with E-state index in [0.29, 0.717) is 22.7 Å². The Balaban J connectivity index is 2.67. The number of rotatable bonds is 11. The summed E-state index contributed by atoms with van der Waals surface area (Å²) in [5, 5.41) is 5.91. The highest BCUT2D eigenvalue weighted by Crippen LogP contribution is 2.35. The molecule has 0 aliphatic rings. The molecule has 41 heavy (non-hydrogen) atoms. The molecule has 224 valence electrons. The molecule has 2 atom stereocenters. The van der Waals surface area contributed by atoms with Crippen molar-refractivity contribution in [1.29, 1.82) is 0 Å². The maximum absolute atomic E-state index is 14.4. The molecule has 9 nitrogen and oxygen atoms in total. The van der Waals surface area contributed by atoms with Crippen LogP contribution in [0.4, 0.5) is 10.5 Å². The number of hydrogen-bond donors (Lipinski definition) is 3. The molecule has 0 aliphatic carbocycles. The van der Waals surface area contributed by atoms with Crippen LogP contribution >= 0.6 is 11.6 Å². The van der Waals surface area contributed by atoms with Crippen LogP contribution in [-0.4, -0.2) is 45.9 Å². The molecule has 2 aromatic carbocycles. The standard InChI is InChI=1S/C31H43ClN4O5/c1-9-31(7,8)36(28(39)23(17-18-24(33)37)34-29(40)41-30(4,5)6)26(21-15-13-19(2)14-16-21)27(38)35-25-20(3)11-10-12-22(25)32/h10-16,23,26H,9,17-18H2,1-8H3,(H2,33,37)(H,34,40)(H,35,38). The van der Waals surface area contributed by atoms with Gasteiger partial charge in [0.25, 0.3) is 5.91 Å². The summed E-state index contributed by atoms with van der Waals surface area (Å²) < 4.78 is 5.40. The molecule has 0 saturated heterocycles. The summed E-state index contributed by atoms with van der Waals surface area (Å²) in [6.45, 7) is 14.5. The van der Waals surface area contributed by atoms with Crippen LogP contribution in [-0.2, 0) is 19.1 Å². The van der Waals surface area contributed by atoms with Gasteiger partial charge in [-0.3, -0.25) is 14.4 Å². The Labute approximate surface area is 248 Å². The van der Waals surface area contributed by atoms with Crippen LogP contribution in [0.5, 0.6) is 0 Å². The van der Waals surface area contributed by atoms with Gasteiger partial charge >= 0.3 is 6.09 Å². The van der Waals surface area contributed by atoms with Crippen molar-refractivity contribution in [2.24, 2.45) is 5.73 Å². The fourth-order valence-electron chi connectivity index (χ4n) is 4.26. The number of nitrogens with one attached hydrogen (secondary N) is 2. The van der Waals surface area contributed by atoms with Crippen molar-refractivity contribution in [3.63, 3.8) is 0 Å². The van der Waals surface area contributed by atoms with Gasteiger partial charge in [-0.25, -0.2) is 4.79 Å². The smallest absolute Gasteiger partial charge is 0.408 e. The Hall–Kier alpha value is -3.59. The number of primary amides is 1. The van der Waals surface area contributed by atoms with Gasteiger partial charge in [-0.2, -0.15) is 0 Å². The molecule has 0 aromatic heterocycles. The average Bonchev–Trinajstić information content (AvgIpc) is 2.86. The minimum absolute atomic E-state index is 0.0738. The normalized spacial score (nSPS) is 13.1. The maximum atomic E-state index is 14.4. The highest BCUT2D eigenvalue weighted by Gasteiger charge is 2.43. The summed E-state index contributed by atoms with van der Waals surface area (Å²) >= 11 is 6.44. The van der Waals surface area contributed by atoms with Crippen molar-refractivity contribution in [1.82, 2.24) is 10.2 Å². The number of nitrogens with zero attached hydrogens (tertiary/aromatic N) is 1. The van der Waals surface area contributed by atoms with Gasteiger partial charge in [0.05, 0.1) is 10.7 Å². The molecule has 0 radical (unpaired) electrons. The third-order valence-electron chi connectivity index (χ3n) is 6.79. The molecule has 0 fully saturated rings. The number of alkyl carbamates (subject to hydrolysis) is 1. The Bertz CT molecular complexity index is 1230. The highest BCUT2D eigenvalue weighted by molar-refractivity contribution is 6.34. The minimum Gasteiger partial charge on any atom is -0.444 e. The summed E-state index contributed by atoms with van der Waals surface area (Å²) in [7, 11) is 0. The fraction of sp³-hybridized carbons (Fsp3) is 0.484. The summed E-state index contributed by atoms with van der Waals surface area (Å²) in [4.78, 5) is 54.5. The van der Waals surface area contributed by atoms with Crippen molar-refractivity contribution in [3.8, 4) is 0 Å². The molecule has 0 spiro atoms. The summed E-state index contributed by atoms with van der Waals surface area (Å²) in [5.41, 5.74) is 6.47. The van der Waals surface area contributed by atoms with Crippen molar-refractivity contribution < 1.29 is 23.9 Å². The first-order valence-corrected chi connectivity index (χ1v) is 14.1. The fourth-order valence-corrected chi connectivity index (χ4v) is 4.52. The second-order valence-electron chi connectivity index (χ2n) is 11.8. The molecule has 2 rings (SSSR count). The van der Waals surface area contributed by atoms with Gasteiger partial charge < -0.3 is 26.0 Å². The number of aryl methyl sites for hydroxylation is 2. The second kappa shape index (κ2) is 13.9. The second-order valence-corrected chi connectivity index (χ2v) is 12.2. The van der Waals surface area contributed by atoms with Gasteiger partial charge in [0.15, 0.2) is 0 Å². The van der Waals surface area contributed by atoms with Crippen LogP contribution < -0.4 is 16.4 Å². The summed E-state index contributed by atoms with van der Waals surface area (Å²) in [6.07, 6.45) is -0.575. The topological polar surface area (TPSA) is 131 Å². The number of amides is 4. The zero-order valence-electron chi connectivity index (χ0n) is 25.3. The molecular formula is C31H43ClN4O5. The van der Waals surface area contributed by atoms with E-state index >= 15 is 0 Å². The molecule has 0 bridgehead atoms. The van der Waals surface area contributed by atoms with Gasteiger partial charge in [-0.05, 0) is 78.5 Å². The van der Waals surface area contributed by atoms with Crippen LogP contribution in [0, 0.1) is 13.8 Å². The van der Waals surface area contributed by atoms with E-state index in [4.69, 9.17) is 22.1 Å². The molecule has 2 aromatic rings. The zero-order valence-corrected chi connectivity index (χ0v) is 26.0. The van der Waals surface area contributed by atoms with Crippen molar-refractivity contribution in [2.45, 2.75) is 97.9 Å². The van der Waals surface area contributed by atoms with Gasteiger partial charge in [0, 0.05) is 12.0 Å². The number of carbonyl (C=O) groups excluding carboxylic acids is 4. The van der Waals surface area contributed by atoms with Gasteiger partial charge in [0.2, 0.25) is 11.8 Å². The Kier molecular flexibility index (Phi) is 11.4. The molecule has 0 aliphatic heterocycles. The molecule has 10 heteroatoms. The third-order valence-corrected chi connectivity index (χ3v) is 7.11. The minimum atomic E-state index is -1.19. The molecule has 4 N–H and O–H groups in total. The zero-order chi connectivity index (χ0) is 31.1. The van der Waals surface area contributed by atoms with Crippen LogP contribution in [0.15, 0.2) is 42.5 Å². The number of hydrogen-bond acceptors (Lipinski definition) is 5. The van der Waals surface area contributed by atoms with Gasteiger partial charge in [0.1, 0.15) is 17.7 Å². The van der Waals surface area contributed by atoms with Crippen molar-refractivity contribution in [3.05, 3.63) is 64.2 Å². The number of nitrogens with two attached hydrogens (primary N) is 1. The molecule has 0 heterocycles. The van der Waals surface area contributed by atoms with E-state index in [9.17, 15) is 19.2 Å². The van der Waals surface area contributed by atoms with E-state index in [2.05, 4.69) is 10.6 Å². The number of anilines is 1. The van der Waals surface area contributed by atoms with Gasteiger partial charge in [-0.15, -0.1) is 0 Å². The molecule has 2 unspecified atom stereocenters. The average molecular weight is 587 g/mol. The van der Waals surface area contributed by atoms with Crippen LogP contribution in [0.25, 0.3) is 0 Å². The van der Waals surface area contributed by atoms with Crippen LogP contribution in [0.2, 0.25) is 5.02 Å². The largest absolute Gasteiger partial charge is 0.444 e. The monoisotopic (exact) mass is 586 g/mol. The van der Waals surface area contributed by atoms with E-state index in [0.717, 1.165) is 11.1 Å². The van der Waals surface area contributed by atoms with Crippen molar-refractivity contribution in [2.75, 3.05) is 5.32 Å². The number of halogens is 1. The molecule has 4 amide bonds. The first kappa shape index (κ1) is 33.6. The predicted octanol–water partition coefficient (Wildman–Crippen LogP) is 5.81. The molecular weight excluding hydrogens is 544 g/mol. The van der Waals surface area contributed by atoms with E-state index < -0.39 is 47.0 Å². The van der Waals surface area contributed by atoms with Crippen LogP contribution in [0.3, 0.4) is 0 Å². The van der Waals surface area contributed by atoms with E-state index in [-0.39, 0.29) is 12.8 Å². The van der Waals surface area contributed by atoms with E-state index in [1.807, 2.05) is 52.8 Å². The maximum Gasteiger partial charge on any atom is 0.408 e. The predicted molar refractivity (Wildman–Crippen MR) is 162 cm³/mol. The Morgan fingerprint density at radius 1 is 1.00 bits per heavy atom. The number of ether oxygens (including phenoxy) is 1. The summed E-state index contributed by atoms with van der Waals surface area (Å²) in [6, 6.07) is 10.3. The van der Waals surface area contributed by atoms with Gasteiger partial charge in [-0.1, -0.05) is 60.5 Å². The number of carbonyl (C=O) groups is 4. The van der Waals surface area contributed by atoms with E-state index in [1.54, 1.807) is 45.0 Å². The SMILES string of the molecule is CCC(C)(C)N(C(=O)C(CCC(N)=O)NC(=O)OC(C)(C)C)C(C(=O)Nc1c(C)cccc1Cl)c1ccc(C)cc1. The highest BCUT2D eigenvalue weighted by atomic mass is 35.5. The lowest BCUT2D eigenvalue weighted by molar-refractivity contribution is -0.148. The third kappa shape index (κ3) is 9.49.